The molecule has 0 saturated carbocycles. The van der Waals surface area contributed by atoms with Gasteiger partial charge in [0.05, 0.1) is 30.4 Å². The zero-order valence-electron chi connectivity index (χ0n) is 28.5. The zero-order chi connectivity index (χ0) is 37.3. The van der Waals surface area contributed by atoms with E-state index in [4.69, 9.17) is 19.8 Å². The summed E-state index contributed by atoms with van der Waals surface area (Å²) in [6, 6.07) is 13.9. The van der Waals surface area contributed by atoms with E-state index in [0.29, 0.717) is 55.4 Å². The van der Waals surface area contributed by atoms with Crippen LogP contribution in [0.1, 0.15) is 37.1 Å². The number of aliphatic hydroxyl groups is 3. The molecule has 5 aromatic rings. The van der Waals surface area contributed by atoms with Crippen molar-refractivity contribution in [1.82, 2.24) is 45.0 Å². The minimum Gasteiger partial charge on any atom is -0.394 e. The molecule has 2 aliphatic heterocycles. The molecule has 2 aliphatic rings. The number of aromatic nitrogens is 8. The third-order valence-electron chi connectivity index (χ3n) is 9.06. The Bertz CT molecular complexity index is 2170. The third kappa shape index (κ3) is 7.75. The predicted octanol–water partition coefficient (Wildman–Crippen LogP) is -0.112. The van der Waals surface area contributed by atoms with Crippen molar-refractivity contribution in [3.05, 3.63) is 72.3 Å². The van der Waals surface area contributed by atoms with Crippen LogP contribution >= 0.6 is 0 Å². The number of aryl methyl sites for hydroxylation is 1. The van der Waals surface area contributed by atoms with Crippen molar-refractivity contribution in [2.45, 2.75) is 67.8 Å². The first-order valence-corrected chi connectivity index (χ1v) is 18.5. The Morgan fingerprint density at radius 3 is 2.57 bits per heavy atom. The Hall–Kier alpha value is -5.32. The molecule has 0 spiro atoms. The number of nitrogens with one attached hydrogen (secondary N) is 3. The molecule has 2 amide bonds. The number of anilines is 3. The van der Waals surface area contributed by atoms with Gasteiger partial charge in [-0.1, -0.05) is 30.3 Å². The number of hydrogen-bond donors (Lipinski definition) is 7. The number of sulfonamides is 1. The summed E-state index contributed by atoms with van der Waals surface area (Å²) in [4.78, 5) is 30.2. The molecule has 7 rings (SSSR count). The number of rotatable bonds is 12. The van der Waals surface area contributed by atoms with Crippen molar-refractivity contribution in [2.24, 2.45) is 5.14 Å². The maximum atomic E-state index is 12.9. The molecule has 0 unspecified atom stereocenters. The average molecular weight is 750 g/mol. The molecular weight excluding hydrogens is 711 g/mol. The van der Waals surface area contributed by atoms with E-state index < -0.39 is 46.6 Å². The number of aliphatic hydroxyl groups excluding tert-OH is 3. The van der Waals surface area contributed by atoms with Gasteiger partial charge in [0.2, 0.25) is 21.8 Å². The number of nitrogens with two attached hydrogens (primary N) is 1. The molecule has 2 saturated heterocycles. The van der Waals surface area contributed by atoms with Crippen LogP contribution in [-0.4, -0.2) is 113 Å². The molecule has 6 atom stereocenters. The van der Waals surface area contributed by atoms with Crippen LogP contribution in [0, 0.1) is 0 Å². The Labute approximate surface area is 303 Å². The number of urea groups is 1. The summed E-state index contributed by atoms with van der Waals surface area (Å²) in [6.45, 7) is 2.90. The van der Waals surface area contributed by atoms with E-state index in [9.17, 15) is 28.5 Å². The highest BCUT2D eigenvalue weighted by Gasteiger charge is 2.47. The minimum atomic E-state index is -3.87. The largest absolute Gasteiger partial charge is 0.394 e. The van der Waals surface area contributed by atoms with Gasteiger partial charge >= 0.3 is 6.03 Å². The van der Waals surface area contributed by atoms with Gasteiger partial charge in [-0.05, 0) is 54.8 Å². The Morgan fingerprint density at radius 2 is 1.87 bits per heavy atom. The number of fused-ring (bicyclic) bond motifs is 1. The number of nitrogens with zero attached hydrogens (tertiary/aromatic N) is 9. The van der Waals surface area contributed by atoms with E-state index in [1.807, 2.05) is 42.2 Å². The fourth-order valence-corrected chi connectivity index (χ4v) is 6.85. The van der Waals surface area contributed by atoms with Crippen molar-refractivity contribution in [3.8, 4) is 0 Å². The highest BCUT2D eigenvalue weighted by atomic mass is 32.2. The van der Waals surface area contributed by atoms with Crippen LogP contribution in [0.4, 0.5) is 22.2 Å². The molecule has 5 heterocycles. The van der Waals surface area contributed by atoms with E-state index in [2.05, 4.69) is 36.3 Å². The number of carbonyl (C=O) groups is 1. The van der Waals surface area contributed by atoms with Gasteiger partial charge in [0.25, 0.3) is 0 Å². The SMILES string of the molecule is CCn1nnc([C@H]2O[C@@H](n3cnc4c(N[C@H](CO)Cc5ccccc5)nc(N5CC[C@@H](NC(=O)Nc6ccc(S(N)(=O)=O)cc6)C5)nc43)[C@@H](O)[C@@H]2O)n1. The number of benzene rings is 2. The van der Waals surface area contributed by atoms with Crippen LogP contribution in [0.15, 0.2) is 65.8 Å². The van der Waals surface area contributed by atoms with Gasteiger partial charge in [-0.15, -0.1) is 10.2 Å². The first-order valence-electron chi connectivity index (χ1n) is 16.9. The summed E-state index contributed by atoms with van der Waals surface area (Å²) in [6.07, 6.45) is -2.50. The van der Waals surface area contributed by atoms with Gasteiger partial charge in [-0.3, -0.25) is 4.57 Å². The van der Waals surface area contributed by atoms with Crippen LogP contribution in [0.3, 0.4) is 0 Å². The fourth-order valence-electron chi connectivity index (χ4n) is 6.33. The molecular formula is C32H39N13O7S. The molecule has 21 heteroatoms. The lowest BCUT2D eigenvalue weighted by Crippen LogP contribution is -2.40. The standard InChI is InChI=1S/C32H39N13O7S/c1-2-45-41-28(40-42-45)26-24(47)25(48)30(52-26)44-17-34-23-27(35-21(16-46)14-18-6-4-3-5-7-18)38-31(39-29(23)44)43-13-12-20(15-43)37-32(49)36-19-8-10-22(11-9-19)53(33,50)51/h3-11,17,20-21,24-26,30,46-48H,2,12-16H2,1H3,(H2,33,50,51)(H,35,38,39)(H2,36,37,49)/t20-,21+,24+,25+,26+,30-/m1/s1. The van der Waals surface area contributed by atoms with Crippen LogP contribution in [0.5, 0.6) is 0 Å². The number of primary sulfonamides is 1. The van der Waals surface area contributed by atoms with Crippen molar-refractivity contribution in [1.29, 1.82) is 0 Å². The predicted molar refractivity (Wildman–Crippen MR) is 189 cm³/mol. The first-order chi connectivity index (χ1) is 25.5. The molecule has 0 radical (unpaired) electrons. The highest BCUT2D eigenvalue weighted by molar-refractivity contribution is 7.89. The minimum absolute atomic E-state index is 0.0737. The van der Waals surface area contributed by atoms with Gasteiger partial charge in [-0.2, -0.15) is 14.8 Å². The fraction of sp³-hybridized carbons (Fsp3) is 0.406. The topological polar surface area (TPSA) is 274 Å². The molecule has 280 valence electrons. The quantitative estimate of drug-likeness (QED) is 0.0877. The van der Waals surface area contributed by atoms with Crippen LogP contribution in [0.25, 0.3) is 11.2 Å². The molecule has 8 N–H and O–H groups in total. The second-order valence-electron chi connectivity index (χ2n) is 12.8. The Kier molecular flexibility index (Phi) is 10.2. The van der Waals surface area contributed by atoms with Crippen molar-refractivity contribution in [3.63, 3.8) is 0 Å². The van der Waals surface area contributed by atoms with Gasteiger partial charge < -0.3 is 40.9 Å². The number of hydrogen-bond acceptors (Lipinski definition) is 15. The number of imidazole rings is 1. The zero-order valence-corrected chi connectivity index (χ0v) is 29.3. The smallest absolute Gasteiger partial charge is 0.319 e. The lowest BCUT2D eigenvalue weighted by atomic mass is 10.1. The lowest BCUT2D eigenvalue weighted by Gasteiger charge is -2.22. The van der Waals surface area contributed by atoms with Gasteiger partial charge in [0, 0.05) is 24.8 Å². The van der Waals surface area contributed by atoms with E-state index >= 15 is 0 Å². The van der Waals surface area contributed by atoms with Crippen molar-refractivity contribution >= 4 is 44.7 Å². The summed E-state index contributed by atoms with van der Waals surface area (Å²) >= 11 is 0. The Balaban J connectivity index is 1.14. The van der Waals surface area contributed by atoms with Gasteiger partial charge in [0.1, 0.15) is 12.2 Å². The third-order valence-corrected chi connectivity index (χ3v) is 9.99. The number of carbonyl (C=O) groups excluding carboxylic acids is 1. The lowest BCUT2D eigenvalue weighted by molar-refractivity contribution is -0.0384. The summed E-state index contributed by atoms with van der Waals surface area (Å²) < 4.78 is 30.8. The maximum absolute atomic E-state index is 12.9. The highest BCUT2D eigenvalue weighted by Crippen LogP contribution is 2.39. The summed E-state index contributed by atoms with van der Waals surface area (Å²) in [5, 5.41) is 58.8. The Morgan fingerprint density at radius 1 is 1.09 bits per heavy atom. The summed E-state index contributed by atoms with van der Waals surface area (Å²) in [7, 11) is -3.87. The molecule has 2 aromatic carbocycles. The van der Waals surface area contributed by atoms with Crippen LogP contribution in [0.2, 0.25) is 0 Å². The molecule has 0 aliphatic carbocycles. The number of ether oxygens (including phenoxy) is 1. The van der Waals surface area contributed by atoms with Crippen molar-refractivity contribution < 1.29 is 33.3 Å². The van der Waals surface area contributed by atoms with E-state index in [-0.39, 0.29) is 29.0 Å². The van der Waals surface area contributed by atoms with E-state index in [0.717, 1.165) is 5.56 Å². The maximum Gasteiger partial charge on any atom is 0.319 e. The summed E-state index contributed by atoms with van der Waals surface area (Å²) in [5.41, 5.74) is 2.00. The molecule has 20 nitrogen and oxygen atoms in total. The van der Waals surface area contributed by atoms with Gasteiger partial charge in [0.15, 0.2) is 29.3 Å². The van der Waals surface area contributed by atoms with Crippen LogP contribution < -0.4 is 26.0 Å². The second kappa shape index (κ2) is 15.0. The molecule has 2 fully saturated rings. The molecule has 3 aromatic heterocycles. The molecule has 53 heavy (non-hydrogen) atoms. The number of amides is 2. The molecule has 0 bridgehead atoms. The van der Waals surface area contributed by atoms with E-state index in [1.54, 1.807) is 0 Å². The van der Waals surface area contributed by atoms with Crippen LogP contribution in [-0.2, 0) is 27.7 Å². The number of tetrazole rings is 1. The van der Waals surface area contributed by atoms with Crippen molar-refractivity contribution in [2.75, 3.05) is 35.2 Å². The first kappa shape index (κ1) is 36.1. The van der Waals surface area contributed by atoms with E-state index in [1.165, 1.54) is 40.0 Å². The second-order valence-corrected chi connectivity index (χ2v) is 14.3. The average Bonchev–Trinajstić information content (AvgIpc) is 3.96. The summed E-state index contributed by atoms with van der Waals surface area (Å²) in [5.74, 6) is 0.737. The normalized spacial score (nSPS) is 22.3. The monoisotopic (exact) mass is 749 g/mol. The van der Waals surface area contributed by atoms with Gasteiger partial charge in [-0.25, -0.2) is 23.3 Å².